The normalized spacial score (nSPS) is 14.6. The minimum Gasteiger partial charge on any atom is -0.493 e. The lowest BCUT2D eigenvalue weighted by Crippen LogP contribution is -2.28. The van der Waals surface area contributed by atoms with Crippen LogP contribution < -0.4 is 9.47 Å². The summed E-state index contributed by atoms with van der Waals surface area (Å²) in [5, 5.41) is 8.97. The van der Waals surface area contributed by atoms with Crippen LogP contribution in [-0.2, 0) is 6.54 Å². The minimum atomic E-state index is -0.892. The molecule has 0 aromatic heterocycles. The third kappa shape index (κ3) is 4.06. The van der Waals surface area contributed by atoms with Crippen molar-refractivity contribution in [1.29, 1.82) is 0 Å². The fraction of sp³-hybridized carbons (Fsp3) is 0.286. The summed E-state index contributed by atoms with van der Waals surface area (Å²) in [6.45, 7) is 2.64. The lowest BCUT2D eigenvalue weighted by molar-refractivity contribution is 0.0697. The number of aromatic carboxylic acids is 1. The Hall–Kier alpha value is -2.79. The zero-order chi connectivity index (χ0) is 18.5. The maximum Gasteiger partial charge on any atom is 0.335 e. The standard InChI is InChI=1S/C21H23NO4/c1-25-19-8-7-18(13-20(19)26-2)16-9-11-22(12-10-16)14-15-3-5-17(6-4-15)21(23)24/h3-9,13H,10-12,14H2,1-2H3,(H,23,24). The van der Waals surface area contributed by atoms with E-state index in [-0.39, 0.29) is 0 Å². The van der Waals surface area contributed by atoms with Gasteiger partial charge in [-0.3, -0.25) is 4.90 Å². The molecule has 0 spiro atoms. The van der Waals surface area contributed by atoms with E-state index in [1.165, 1.54) is 5.57 Å². The van der Waals surface area contributed by atoms with Crippen LogP contribution in [0.3, 0.4) is 0 Å². The second-order valence-corrected chi connectivity index (χ2v) is 6.29. The van der Waals surface area contributed by atoms with Crippen molar-refractivity contribution in [2.24, 2.45) is 0 Å². The molecule has 5 heteroatoms. The van der Waals surface area contributed by atoms with Crippen LogP contribution >= 0.6 is 0 Å². The number of hydrogen-bond acceptors (Lipinski definition) is 4. The molecule has 26 heavy (non-hydrogen) atoms. The molecular formula is C21H23NO4. The zero-order valence-corrected chi connectivity index (χ0v) is 15.1. The third-order valence-electron chi connectivity index (χ3n) is 4.65. The summed E-state index contributed by atoms with van der Waals surface area (Å²) in [5.74, 6) is 0.586. The van der Waals surface area contributed by atoms with Crippen molar-refractivity contribution in [2.45, 2.75) is 13.0 Å². The van der Waals surface area contributed by atoms with Crippen LogP contribution in [0.15, 0.2) is 48.5 Å². The molecule has 0 fully saturated rings. The first-order valence-electron chi connectivity index (χ1n) is 8.56. The topological polar surface area (TPSA) is 59.0 Å². The first-order valence-corrected chi connectivity index (χ1v) is 8.56. The van der Waals surface area contributed by atoms with Crippen molar-refractivity contribution < 1.29 is 19.4 Å². The van der Waals surface area contributed by atoms with E-state index in [0.717, 1.165) is 48.7 Å². The van der Waals surface area contributed by atoms with Gasteiger partial charge in [0.05, 0.1) is 19.8 Å². The van der Waals surface area contributed by atoms with Gasteiger partial charge in [-0.25, -0.2) is 4.79 Å². The second kappa shape index (κ2) is 8.06. The molecule has 0 saturated heterocycles. The van der Waals surface area contributed by atoms with E-state index in [1.54, 1.807) is 26.4 Å². The fourth-order valence-corrected chi connectivity index (χ4v) is 3.16. The molecule has 0 atom stereocenters. The van der Waals surface area contributed by atoms with E-state index in [0.29, 0.717) is 5.56 Å². The van der Waals surface area contributed by atoms with Crippen LogP contribution in [0.4, 0.5) is 0 Å². The first-order chi connectivity index (χ1) is 12.6. The van der Waals surface area contributed by atoms with Crippen molar-refractivity contribution in [3.8, 4) is 11.5 Å². The predicted octanol–water partition coefficient (Wildman–Crippen LogP) is 3.69. The van der Waals surface area contributed by atoms with Crippen molar-refractivity contribution in [1.82, 2.24) is 4.90 Å². The van der Waals surface area contributed by atoms with Gasteiger partial charge in [-0.2, -0.15) is 0 Å². The summed E-state index contributed by atoms with van der Waals surface area (Å²) in [6.07, 6.45) is 3.21. The summed E-state index contributed by atoms with van der Waals surface area (Å²) in [5.41, 5.74) is 3.91. The maximum atomic E-state index is 10.9. The van der Waals surface area contributed by atoms with Crippen molar-refractivity contribution in [3.63, 3.8) is 0 Å². The molecule has 1 heterocycles. The zero-order valence-electron chi connectivity index (χ0n) is 15.1. The van der Waals surface area contributed by atoms with Crippen molar-refractivity contribution >= 4 is 11.5 Å². The number of carboxylic acids is 1. The van der Waals surface area contributed by atoms with Crippen LogP contribution in [0.5, 0.6) is 11.5 Å². The molecule has 0 saturated carbocycles. The molecule has 2 aromatic rings. The number of methoxy groups -OCH3 is 2. The van der Waals surface area contributed by atoms with Gasteiger partial charge in [-0.1, -0.05) is 24.3 Å². The monoisotopic (exact) mass is 353 g/mol. The first kappa shape index (κ1) is 18.0. The summed E-state index contributed by atoms with van der Waals surface area (Å²) in [7, 11) is 3.28. The molecular weight excluding hydrogens is 330 g/mol. The minimum absolute atomic E-state index is 0.322. The Morgan fingerprint density at radius 3 is 2.38 bits per heavy atom. The third-order valence-corrected chi connectivity index (χ3v) is 4.65. The van der Waals surface area contributed by atoms with E-state index in [4.69, 9.17) is 14.6 Å². The Morgan fingerprint density at radius 1 is 1.08 bits per heavy atom. The molecule has 0 radical (unpaired) electrons. The van der Waals surface area contributed by atoms with E-state index in [2.05, 4.69) is 17.0 Å². The van der Waals surface area contributed by atoms with Crippen LogP contribution in [0.25, 0.3) is 5.57 Å². The molecule has 0 unspecified atom stereocenters. The van der Waals surface area contributed by atoms with Gasteiger partial charge in [0.1, 0.15) is 0 Å². The van der Waals surface area contributed by atoms with Crippen molar-refractivity contribution in [3.05, 3.63) is 65.2 Å². The number of nitrogens with zero attached hydrogens (tertiary/aromatic N) is 1. The number of carboxylic acid groups (broad SMARTS) is 1. The molecule has 1 N–H and O–H groups in total. The smallest absolute Gasteiger partial charge is 0.335 e. The van der Waals surface area contributed by atoms with Crippen LogP contribution in [0.2, 0.25) is 0 Å². The quantitative estimate of drug-likeness (QED) is 0.858. The summed E-state index contributed by atoms with van der Waals surface area (Å²) in [6, 6.07) is 13.1. The number of carbonyl (C=O) groups is 1. The predicted molar refractivity (Wildman–Crippen MR) is 101 cm³/mol. The molecule has 2 aromatic carbocycles. The highest BCUT2D eigenvalue weighted by atomic mass is 16.5. The van der Waals surface area contributed by atoms with Gasteiger partial charge in [-0.15, -0.1) is 0 Å². The molecule has 5 nitrogen and oxygen atoms in total. The molecule has 1 aliphatic heterocycles. The SMILES string of the molecule is COc1ccc(C2=CCN(Cc3ccc(C(=O)O)cc3)CC2)cc1OC. The average molecular weight is 353 g/mol. The van der Waals surface area contributed by atoms with Gasteiger partial charge in [0.25, 0.3) is 0 Å². The van der Waals surface area contributed by atoms with E-state index in [9.17, 15) is 4.79 Å². The highest BCUT2D eigenvalue weighted by molar-refractivity contribution is 5.87. The Kier molecular flexibility index (Phi) is 5.58. The van der Waals surface area contributed by atoms with E-state index >= 15 is 0 Å². The molecule has 0 amide bonds. The molecule has 136 valence electrons. The molecule has 0 bridgehead atoms. The molecule has 1 aliphatic rings. The van der Waals surface area contributed by atoms with Gasteiger partial charge in [-0.05, 0) is 47.4 Å². The average Bonchev–Trinajstić information content (AvgIpc) is 2.68. The number of ether oxygens (including phenoxy) is 2. The number of hydrogen-bond donors (Lipinski definition) is 1. The summed E-state index contributed by atoms with van der Waals surface area (Å²) < 4.78 is 10.7. The Bertz CT molecular complexity index is 811. The number of benzene rings is 2. The Labute approximate surface area is 153 Å². The summed E-state index contributed by atoms with van der Waals surface area (Å²) in [4.78, 5) is 13.3. The number of rotatable bonds is 6. The Morgan fingerprint density at radius 2 is 1.81 bits per heavy atom. The van der Waals surface area contributed by atoms with Crippen LogP contribution in [0, 0.1) is 0 Å². The van der Waals surface area contributed by atoms with E-state index in [1.807, 2.05) is 24.3 Å². The van der Waals surface area contributed by atoms with E-state index < -0.39 is 5.97 Å². The van der Waals surface area contributed by atoms with Crippen molar-refractivity contribution in [2.75, 3.05) is 27.3 Å². The second-order valence-electron chi connectivity index (χ2n) is 6.29. The maximum absolute atomic E-state index is 10.9. The van der Waals surface area contributed by atoms with Crippen LogP contribution in [-0.4, -0.2) is 43.3 Å². The van der Waals surface area contributed by atoms with Crippen LogP contribution in [0.1, 0.15) is 27.9 Å². The van der Waals surface area contributed by atoms with Gasteiger partial charge in [0, 0.05) is 19.6 Å². The lowest BCUT2D eigenvalue weighted by Gasteiger charge is -2.26. The molecule has 3 rings (SSSR count). The summed E-state index contributed by atoms with van der Waals surface area (Å²) >= 11 is 0. The highest BCUT2D eigenvalue weighted by Crippen LogP contribution is 2.32. The van der Waals surface area contributed by atoms with Gasteiger partial charge < -0.3 is 14.6 Å². The highest BCUT2D eigenvalue weighted by Gasteiger charge is 2.15. The largest absolute Gasteiger partial charge is 0.493 e. The fourth-order valence-electron chi connectivity index (χ4n) is 3.16. The van der Waals surface area contributed by atoms with Gasteiger partial charge in [0.15, 0.2) is 11.5 Å². The van der Waals surface area contributed by atoms with Gasteiger partial charge in [0.2, 0.25) is 0 Å². The molecule has 0 aliphatic carbocycles. The lowest BCUT2D eigenvalue weighted by atomic mass is 9.98. The van der Waals surface area contributed by atoms with Gasteiger partial charge >= 0.3 is 5.97 Å². The Balaban J connectivity index is 1.65.